The maximum Gasteiger partial charge on any atom is 0.344 e. The lowest BCUT2D eigenvalue weighted by Gasteiger charge is -2.10. The molecule has 1 unspecified atom stereocenters. The van der Waals surface area contributed by atoms with Crippen molar-refractivity contribution in [1.29, 1.82) is 0 Å². The van der Waals surface area contributed by atoms with Crippen LogP contribution in [0, 0.1) is 0 Å². The quantitative estimate of drug-likeness (QED) is 0.183. The number of aryl methyl sites for hydroxylation is 1. The van der Waals surface area contributed by atoms with Crippen molar-refractivity contribution in [3.8, 4) is 5.75 Å². The molecule has 0 radical (unpaired) electrons. The molecule has 0 spiro atoms. The molecule has 0 aliphatic rings. The number of hydrogen-bond donors (Lipinski definition) is 1. The minimum Gasteiger partial charge on any atom is -0.479 e. The van der Waals surface area contributed by atoms with E-state index in [1.807, 2.05) is 24.3 Å². The minimum atomic E-state index is -0.941. The van der Waals surface area contributed by atoms with Gasteiger partial charge in [-0.25, -0.2) is 4.79 Å². The second-order valence-corrected chi connectivity index (χ2v) is 8.43. The molecule has 3 heteroatoms. The van der Waals surface area contributed by atoms with Crippen LogP contribution in [0.5, 0.6) is 5.75 Å². The van der Waals surface area contributed by atoms with Gasteiger partial charge >= 0.3 is 5.97 Å². The van der Waals surface area contributed by atoms with Crippen molar-refractivity contribution in [2.75, 3.05) is 0 Å². The number of carboxylic acid groups (broad SMARTS) is 1. The highest BCUT2D eigenvalue weighted by molar-refractivity contribution is 5.72. The van der Waals surface area contributed by atoms with Crippen LogP contribution >= 0.6 is 0 Å². The lowest BCUT2D eigenvalue weighted by Crippen LogP contribution is -2.22. The summed E-state index contributed by atoms with van der Waals surface area (Å²) in [6.07, 6.45) is 23.7. The summed E-state index contributed by atoms with van der Waals surface area (Å²) in [4.78, 5) is 10.8. The molecular formula is C27H44O3. The summed E-state index contributed by atoms with van der Waals surface area (Å²) in [6, 6.07) is 7.83. The molecule has 30 heavy (non-hydrogen) atoms. The molecule has 0 amide bonds. The summed E-state index contributed by atoms with van der Waals surface area (Å²) in [7, 11) is 0. The van der Waals surface area contributed by atoms with Gasteiger partial charge in [0.05, 0.1) is 0 Å². The molecule has 1 N–H and O–H groups in total. The van der Waals surface area contributed by atoms with Crippen molar-refractivity contribution in [2.45, 2.75) is 116 Å². The highest BCUT2D eigenvalue weighted by Gasteiger charge is 2.11. The Balaban J connectivity index is 1.92. The standard InChI is InChI=1S/C27H44O3/c1-3-4-5-6-7-8-9-10-11-12-13-14-15-16-17-18-19-25-20-22-26(23-21-25)30-24(2)27(28)29/h10-11,20-24H,3-9,12-19H2,1-2H3,(H,28,29). The van der Waals surface area contributed by atoms with Crippen molar-refractivity contribution in [3.63, 3.8) is 0 Å². The second-order valence-electron chi connectivity index (χ2n) is 8.43. The Labute approximate surface area is 184 Å². The van der Waals surface area contributed by atoms with E-state index in [1.54, 1.807) is 6.92 Å². The van der Waals surface area contributed by atoms with Crippen LogP contribution in [0.4, 0.5) is 0 Å². The van der Waals surface area contributed by atoms with Crippen LogP contribution in [0.15, 0.2) is 36.4 Å². The largest absolute Gasteiger partial charge is 0.479 e. The van der Waals surface area contributed by atoms with E-state index in [9.17, 15) is 4.79 Å². The Morgan fingerprint density at radius 3 is 1.87 bits per heavy atom. The monoisotopic (exact) mass is 416 g/mol. The lowest BCUT2D eigenvalue weighted by atomic mass is 10.0. The second kappa shape index (κ2) is 18.0. The van der Waals surface area contributed by atoms with E-state index in [1.165, 1.54) is 95.5 Å². The number of allylic oxidation sites excluding steroid dienone is 2. The van der Waals surface area contributed by atoms with Gasteiger partial charge < -0.3 is 9.84 Å². The smallest absolute Gasteiger partial charge is 0.344 e. The van der Waals surface area contributed by atoms with Gasteiger partial charge in [0.25, 0.3) is 0 Å². The average molecular weight is 417 g/mol. The highest BCUT2D eigenvalue weighted by atomic mass is 16.5. The highest BCUT2D eigenvalue weighted by Crippen LogP contribution is 2.16. The SMILES string of the molecule is CCCCCCCCC=CCCCCCCCCc1ccc(OC(C)C(=O)O)cc1. The third-order valence-corrected chi connectivity index (χ3v) is 5.56. The Morgan fingerprint density at radius 1 is 0.833 bits per heavy atom. The fraction of sp³-hybridized carbons (Fsp3) is 0.667. The summed E-state index contributed by atoms with van der Waals surface area (Å²) in [5.74, 6) is -0.321. The van der Waals surface area contributed by atoms with Crippen LogP contribution in [0.3, 0.4) is 0 Å². The normalized spacial score (nSPS) is 12.3. The Kier molecular flexibility index (Phi) is 15.8. The van der Waals surface area contributed by atoms with Gasteiger partial charge in [-0.3, -0.25) is 0 Å². The van der Waals surface area contributed by atoms with Crippen LogP contribution in [0.1, 0.15) is 109 Å². The maximum absolute atomic E-state index is 10.8. The molecule has 0 heterocycles. The Bertz CT molecular complexity index is 562. The fourth-order valence-electron chi connectivity index (χ4n) is 3.57. The van der Waals surface area contributed by atoms with Gasteiger partial charge in [0.15, 0.2) is 6.10 Å². The number of aliphatic carboxylic acids is 1. The summed E-state index contributed by atoms with van der Waals surface area (Å²) < 4.78 is 5.36. The van der Waals surface area contributed by atoms with Crippen LogP contribution in [-0.4, -0.2) is 17.2 Å². The maximum atomic E-state index is 10.8. The molecule has 0 aliphatic heterocycles. The van der Waals surface area contributed by atoms with E-state index in [0.29, 0.717) is 5.75 Å². The molecule has 0 saturated carbocycles. The van der Waals surface area contributed by atoms with Gasteiger partial charge in [-0.05, 0) is 63.1 Å². The van der Waals surface area contributed by atoms with Crippen molar-refractivity contribution in [3.05, 3.63) is 42.0 Å². The van der Waals surface area contributed by atoms with E-state index < -0.39 is 12.1 Å². The van der Waals surface area contributed by atoms with Crippen molar-refractivity contribution in [1.82, 2.24) is 0 Å². The van der Waals surface area contributed by atoms with Gasteiger partial charge in [-0.1, -0.05) is 89.0 Å². The first-order chi connectivity index (χ1) is 14.6. The van der Waals surface area contributed by atoms with E-state index in [0.717, 1.165) is 6.42 Å². The lowest BCUT2D eigenvalue weighted by molar-refractivity contribution is -0.144. The number of unbranched alkanes of at least 4 members (excludes halogenated alkanes) is 12. The summed E-state index contributed by atoms with van der Waals surface area (Å²) >= 11 is 0. The molecule has 1 rings (SSSR count). The minimum absolute atomic E-state index is 0.620. The predicted octanol–water partition coefficient (Wildman–Crippen LogP) is 8.12. The van der Waals surface area contributed by atoms with Crippen molar-refractivity contribution >= 4 is 5.97 Å². The molecule has 0 bridgehead atoms. The fourth-order valence-corrected chi connectivity index (χ4v) is 3.57. The molecule has 1 aromatic carbocycles. The van der Waals surface area contributed by atoms with E-state index in [2.05, 4.69) is 19.1 Å². The third-order valence-electron chi connectivity index (χ3n) is 5.56. The average Bonchev–Trinajstić information content (AvgIpc) is 2.74. The number of carboxylic acids is 1. The molecule has 0 aliphatic carbocycles. The molecule has 1 atom stereocenters. The van der Waals surface area contributed by atoms with Gasteiger partial charge in [0, 0.05) is 0 Å². The van der Waals surface area contributed by atoms with Crippen molar-refractivity contribution < 1.29 is 14.6 Å². The summed E-state index contributed by atoms with van der Waals surface area (Å²) in [5, 5.41) is 8.88. The van der Waals surface area contributed by atoms with E-state index in [4.69, 9.17) is 9.84 Å². The van der Waals surface area contributed by atoms with Crippen LogP contribution in [0.2, 0.25) is 0 Å². The first kappa shape index (κ1) is 26.3. The Hall–Kier alpha value is -1.77. The van der Waals surface area contributed by atoms with E-state index in [-0.39, 0.29) is 0 Å². The molecule has 3 nitrogen and oxygen atoms in total. The summed E-state index contributed by atoms with van der Waals surface area (Å²) in [6.45, 7) is 3.82. The van der Waals surface area contributed by atoms with Crippen molar-refractivity contribution in [2.24, 2.45) is 0 Å². The van der Waals surface area contributed by atoms with Crippen LogP contribution < -0.4 is 4.74 Å². The number of rotatable bonds is 19. The zero-order valence-electron chi connectivity index (χ0n) is 19.4. The topological polar surface area (TPSA) is 46.5 Å². The molecule has 0 saturated heterocycles. The zero-order valence-corrected chi connectivity index (χ0v) is 19.4. The third kappa shape index (κ3) is 14.3. The number of carbonyl (C=O) groups is 1. The number of hydrogen-bond acceptors (Lipinski definition) is 2. The van der Waals surface area contributed by atoms with Gasteiger partial charge in [0.1, 0.15) is 5.75 Å². The predicted molar refractivity (Wildman–Crippen MR) is 127 cm³/mol. The number of benzene rings is 1. The molecular weight excluding hydrogens is 372 g/mol. The Morgan fingerprint density at radius 2 is 1.33 bits per heavy atom. The van der Waals surface area contributed by atoms with Crippen LogP contribution in [-0.2, 0) is 11.2 Å². The molecule has 0 aromatic heterocycles. The first-order valence-electron chi connectivity index (χ1n) is 12.3. The molecule has 1 aromatic rings. The van der Waals surface area contributed by atoms with E-state index >= 15 is 0 Å². The zero-order chi connectivity index (χ0) is 21.9. The van der Waals surface area contributed by atoms with Crippen LogP contribution in [0.25, 0.3) is 0 Å². The van der Waals surface area contributed by atoms with Gasteiger partial charge in [-0.15, -0.1) is 0 Å². The van der Waals surface area contributed by atoms with Gasteiger partial charge in [0.2, 0.25) is 0 Å². The molecule has 0 fully saturated rings. The van der Waals surface area contributed by atoms with Gasteiger partial charge in [-0.2, -0.15) is 0 Å². The molecule has 170 valence electrons. The summed E-state index contributed by atoms with van der Waals surface area (Å²) in [5.41, 5.74) is 1.29. The first-order valence-corrected chi connectivity index (χ1v) is 12.3. The number of ether oxygens (including phenoxy) is 1.